The first-order valence-corrected chi connectivity index (χ1v) is 6.66. The Bertz CT molecular complexity index is 425. The molecule has 0 radical (unpaired) electrons. The van der Waals surface area contributed by atoms with Crippen molar-refractivity contribution in [2.24, 2.45) is 0 Å². The summed E-state index contributed by atoms with van der Waals surface area (Å²) in [4.78, 5) is 2.00. The Morgan fingerprint density at radius 1 is 1.47 bits per heavy atom. The van der Waals surface area contributed by atoms with Gasteiger partial charge in [0.05, 0.1) is 37.1 Å². The smallest absolute Gasteiger partial charge is 0.0954 e. The Hall–Kier alpha value is -0.980. The van der Waals surface area contributed by atoms with Gasteiger partial charge in [-0.15, -0.1) is 5.10 Å². The third-order valence-corrected chi connectivity index (χ3v) is 3.53. The lowest BCUT2D eigenvalue weighted by Crippen LogP contribution is -2.44. The van der Waals surface area contributed by atoms with Gasteiger partial charge in [-0.25, -0.2) is 4.68 Å². The molecule has 1 fully saturated rings. The number of rotatable bonds is 3. The molecule has 0 aromatic carbocycles. The van der Waals surface area contributed by atoms with Crippen molar-refractivity contribution in [3.8, 4) is 0 Å². The summed E-state index contributed by atoms with van der Waals surface area (Å²) in [6, 6.07) is 0.00212. The van der Waals surface area contributed by atoms with Crippen LogP contribution in [0.3, 0.4) is 0 Å². The molecule has 108 valence electrons. The van der Waals surface area contributed by atoms with E-state index in [1.54, 1.807) is 4.68 Å². The molecule has 2 rings (SSSR count). The summed E-state index contributed by atoms with van der Waals surface area (Å²) in [7, 11) is 3.91. The molecule has 1 N–H and O–H groups in total. The lowest BCUT2D eigenvalue weighted by molar-refractivity contribution is 0.0600. The molecule has 6 heteroatoms. The first kappa shape index (κ1) is 14.4. The van der Waals surface area contributed by atoms with Gasteiger partial charge in [0.2, 0.25) is 0 Å². The molecule has 0 aliphatic carbocycles. The average Bonchev–Trinajstić information content (AvgIpc) is 2.85. The van der Waals surface area contributed by atoms with Gasteiger partial charge in [-0.1, -0.05) is 26.0 Å². The lowest BCUT2D eigenvalue weighted by Gasteiger charge is -2.26. The fourth-order valence-electron chi connectivity index (χ4n) is 2.42. The zero-order chi connectivity index (χ0) is 14.2. The fraction of sp³-hybridized carbons (Fsp3) is 0.846. The maximum Gasteiger partial charge on any atom is 0.0954 e. The standard InChI is InChI=1S/C13H24N4O2/c1-13(2,3)11-7-17(15-14-11)6-10-12(16(4)5)9(18)8-19-10/h7,9-10,12,18H,6,8H2,1-5H3/t9-,10+,12+/m0/s1. The van der Waals surface area contributed by atoms with Crippen molar-refractivity contribution in [3.05, 3.63) is 11.9 Å². The second-order valence-corrected chi connectivity index (χ2v) is 6.47. The molecule has 0 spiro atoms. The fourth-order valence-corrected chi connectivity index (χ4v) is 2.42. The van der Waals surface area contributed by atoms with Gasteiger partial charge >= 0.3 is 0 Å². The van der Waals surface area contributed by atoms with Crippen molar-refractivity contribution in [3.63, 3.8) is 0 Å². The van der Waals surface area contributed by atoms with Crippen LogP contribution in [-0.2, 0) is 16.7 Å². The molecule has 3 atom stereocenters. The van der Waals surface area contributed by atoms with E-state index in [-0.39, 0.29) is 17.6 Å². The molecular formula is C13H24N4O2. The van der Waals surface area contributed by atoms with E-state index in [4.69, 9.17) is 4.74 Å². The Morgan fingerprint density at radius 3 is 2.68 bits per heavy atom. The number of aromatic nitrogens is 3. The van der Waals surface area contributed by atoms with Gasteiger partial charge in [0.1, 0.15) is 0 Å². The van der Waals surface area contributed by atoms with E-state index in [2.05, 4.69) is 31.1 Å². The SMILES string of the molecule is CN(C)[C@@H]1[C@@H](O)CO[C@@H]1Cn1cc(C(C)(C)C)nn1. The van der Waals surface area contributed by atoms with Crippen molar-refractivity contribution < 1.29 is 9.84 Å². The Morgan fingerprint density at radius 2 is 2.16 bits per heavy atom. The van der Waals surface area contributed by atoms with Crippen LogP contribution in [0.1, 0.15) is 26.5 Å². The largest absolute Gasteiger partial charge is 0.389 e. The summed E-state index contributed by atoms with van der Waals surface area (Å²) in [5.74, 6) is 0. The number of ether oxygens (including phenoxy) is 1. The molecular weight excluding hydrogens is 244 g/mol. The van der Waals surface area contributed by atoms with Gasteiger partial charge in [0, 0.05) is 11.6 Å². The summed E-state index contributed by atoms with van der Waals surface area (Å²) in [6.07, 6.45) is 1.46. The molecule has 0 saturated carbocycles. The van der Waals surface area contributed by atoms with E-state index in [0.29, 0.717) is 13.2 Å². The van der Waals surface area contributed by atoms with Crippen LogP contribution in [-0.4, -0.2) is 64.0 Å². The Balaban J connectivity index is 2.07. The second-order valence-electron chi connectivity index (χ2n) is 6.47. The predicted octanol–water partition coefficient (Wildman–Crippen LogP) is 0.265. The van der Waals surface area contributed by atoms with E-state index in [1.165, 1.54) is 0 Å². The highest BCUT2D eigenvalue weighted by Gasteiger charge is 2.38. The van der Waals surface area contributed by atoms with Crippen molar-refractivity contribution in [1.82, 2.24) is 19.9 Å². The first-order valence-electron chi connectivity index (χ1n) is 6.66. The van der Waals surface area contributed by atoms with E-state index in [0.717, 1.165) is 5.69 Å². The zero-order valence-corrected chi connectivity index (χ0v) is 12.4. The molecule has 6 nitrogen and oxygen atoms in total. The molecule has 1 aliphatic rings. The minimum Gasteiger partial charge on any atom is -0.389 e. The van der Waals surface area contributed by atoms with Crippen molar-refractivity contribution in [2.45, 2.75) is 51.0 Å². The highest BCUT2D eigenvalue weighted by molar-refractivity contribution is 5.06. The van der Waals surface area contributed by atoms with Crippen LogP contribution in [0.5, 0.6) is 0 Å². The molecule has 0 bridgehead atoms. The summed E-state index contributed by atoms with van der Waals surface area (Å²) in [6.45, 7) is 7.33. The van der Waals surface area contributed by atoms with E-state index in [1.807, 2.05) is 25.2 Å². The molecule has 1 aliphatic heterocycles. The molecule has 1 aromatic heterocycles. The van der Waals surface area contributed by atoms with Gasteiger partial charge in [0.25, 0.3) is 0 Å². The van der Waals surface area contributed by atoms with Crippen LogP contribution < -0.4 is 0 Å². The van der Waals surface area contributed by atoms with E-state index >= 15 is 0 Å². The second kappa shape index (κ2) is 5.19. The molecule has 1 aromatic rings. The quantitative estimate of drug-likeness (QED) is 0.852. The lowest BCUT2D eigenvalue weighted by atomic mass is 9.93. The molecule has 2 heterocycles. The topological polar surface area (TPSA) is 63.4 Å². The summed E-state index contributed by atoms with van der Waals surface area (Å²) < 4.78 is 7.46. The van der Waals surface area contributed by atoms with Crippen molar-refractivity contribution >= 4 is 0 Å². The molecule has 1 saturated heterocycles. The van der Waals surface area contributed by atoms with Crippen LogP contribution in [0.4, 0.5) is 0 Å². The maximum atomic E-state index is 9.93. The minimum atomic E-state index is -0.439. The van der Waals surface area contributed by atoms with Crippen LogP contribution in [0.25, 0.3) is 0 Å². The van der Waals surface area contributed by atoms with Crippen LogP contribution in [0.2, 0.25) is 0 Å². The Kier molecular flexibility index (Phi) is 3.94. The van der Waals surface area contributed by atoms with Gasteiger partial charge in [0.15, 0.2) is 0 Å². The summed E-state index contributed by atoms with van der Waals surface area (Å²) in [5, 5.41) is 18.3. The highest BCUT2D eigenvalue weighted by atomic mass is 16.5. The normalized spacial score (nSPS) is 28.3. The van der Waals surface area contributed by atoms with Crippen molar-refractivity contribution in [2.75, 3.05) is 20.7 Å². The molecule has 0 unspecified atom stereocenters. The summed E-state index contributed by atoms with van der Waals surface area (Å²) >= 11 is 0. The number of aliphatic hydroxyl groups excluding tert-OH is 1. The third-order valence-electron chi connectivity index (χ3n) is 3.53. The van der Waals surface area contributed by atoms with Gasteiger partial charge in [-0.2, -0.15) is 0 Å². The molecule has 0 amide bonds. The zero-order valence-electron chi connectivity index (χ0n) is 12.4. The van der Waals surface area contributed by atoms with Gasteiger partial charge < -0.3 is 14.7 Å². The van der Waals surface area contributed by atoms with Crippen LogP contribution >= 0.6 is 0 Å². The number of hydrogen-bond donors (Lipinski definition) is 1. The Labute approximate surface area is 114 Å². The maximum absolute atomic E-state index is 9.93. The van der Waals surface area contributed by atoms with E-state index in [9.17, 15) is 5.11 Å². The first-order chi connectivity index (χ1) is 8.79. The van der Waals surface area contributed by atoms with Crippen LogP contribution in [0.15, 0.2) is 6.20 Å². The van der Waals surface area contributed by atoms with Crippen LogP contribution in [0, 0.1) is 0 Å². The number of hydrogen-bond acceptors (Lipinski definition) is 5. The van der Waals surface area contributed by atoms with E-state index < -0.39 is 6.10 Å². The number of likely N-dealkylation sites (N-methyl/N-ethyl adjacent to an activating group) is 1. The summed E-state index contributed by atoms with van der Waals surface area (Å²) in [5.41, 5.74) is 0.961. The monoisotopic (exact) mass is 268 g/mol. The number of aliphatic hydroxyl groups is 1. The van der Waals surface area contributed by atoms with Crippen molar-refractivity contribution in [1.29, 1.82) is 0 Å². The molecule has 19 heavy (non-hydrogen) atoms. The van der Waals surface area contributed by atoms with Gasteiger partial charge in [-0.05, 0) is 14.1 Å². The highest BCUT2D eigenvalue weighted by Crippen LogP contribution is 2.22. The average molecular weight is 268 g/mol. The predicted molar refractivity (Wildman–Crippen MR) is 71.9 cm³/mol. The number of nitrogens with zero attached hydrogens (tertiary/aromatic N) is 4. The van der Waals surface area contributed by atoms with Gasteiger partial charge in [-0.3, -0.25) is 0 Å². The third kappa shape index (κ3) is 3.13. The minimum absolute atomic E-state index is 0.00212.